The maximum Gasteiger partial charge on any atom is 0.326 e. The number of carboxylic acid groups (broad SMARTS) is 1. The first-order valence-corrected chi connectivity index (χ1v) is 5.12. The smallest absolute Gasteiger partial charge is 0.326 e. The Kier molecular flexibility index (Phi) is 4.45. The average molecular weight is 228 g/mol. The minimum atomic E-state index is -1.14. The lowest BCUT2D eigenvalue weighted by Crippen LogP contribution is -2.43. The fourth-order valence-electron chi connectivity index (χ4n) is 1.59. The van der Waals surface area contributed by atoms with E-state index >= 15 is 0 Å². The molecule has 1 rings (SSSR count). The molecule has 6 nitrogen and oxygen atoms in total. The van der Waals surface area contributed by atoms with Crippen molar-refractivity contribution in [3.05, 3.63) is 12.2 Å². The minimum absolute atomic E-state index is 0.00353. The summed E-state index contributed by atoms with van der Waals surface area (Å²) in [6, 6.07) is -1.18. The topological polar surface area (TPSA) is 113 Å². The zero-order valence-electron chi connectivity index (χ0n) is 8.80. The zero-order chi connectivity index (χ0) is 12.1. The lowest BCUT2D eigenvalue weighted by Gasteiger charge is -2.16. The Balaban J connectivity index is 2.49. The summed E-state index contributed by atoms with van der Waals surface area (Å²) in [4.78, 5) is 22.4. The summed E-state index contributed by atoms with van der Waals surface area (Å²) in [6.07, 6.45) is 3.91. The van der Waals surface area contributed by atoms with Crippen molar-refractivity contribution < 1.29 is 19.8 Å². The molecule has 0 aromatic heterocycles. The lowest BCUT2D eigenvalue weighted by molar-refractivity contribution is -0.142. The summed E-state index contributed by atoms with van der Waals surface area (Å²) in [5, 5.41) is 19.8. The van der Waals surface area contributed by atoms with E-state index in [1.807, 2.05) is 0 Å². The summed E-state index contributed by atoms with van der Waals surface area (Å²) in [5.41, 5.74) is 5.59. The fraction of sp³-hybridized carbons (Fsp3) is 0.600. The van der Waals surface area contributed by atoms with Gasteiger partial charge in [-0.15, -0.1) is 0 Å². The van der Waals surface area contributed by atoms with E-state index in [2.05, 4.69) is 5.32 Å². The fourth-order valence-corrected chi connectivity index (χ4v) is 1.59. The van der Waals surface area contributed by atoms with Gasteiger partial charge in [-0.25, -0.2) is 4.79 Å². The molecule has 0 spiro atoms. The number of hydrogen-bond acceptors (Lipinski definition) is 4. The third kappa shape index (κ3) is 3.32. The maximum atomic E-state index is 11.6. The van der Waals surface area contributed by atoms with E-state index in [1.54, 1.807) is 12.2 Å². The van der Waals surface area contributed by atoms with Gasteiger partial charge in [0.2, 0.25) is 5.91 Å². The van der Waals surface area contributed by atoms with Crippen molar-refractivity contribution in [3.8, 4) is 0 Å². The van der Waals surface area contributed by atoms with Crippen molar-refractivity contribution in [2.45, 2.75) is 24.9 Å². The van der Waals surface area contributed by atoms with Gasteiger partial charge in [0.1, 0.15) is 6.04 Å². The largest absolute Gasteiger partial charge is 0.480 e. The van der Waals surface area contributed by atoms with Gasteiger partial charge in [0.15, 0.2) is 0 Å². The third-order valence-corrected chi connectivity index (χ3v) is 2.49. The number of aliphatic hydroxyl groups excluding tert-OH is 1. The first-order valence-electron chi connectivity index (χ1n) is 5.12. The molecule has 3 atom stereocenters. The SMILES string of the molecule is NC1C=CC(C(=O)N[C@@H](CCO)C(=O)O)C1. The molecule has 1 amide bonds. The van der Waals surface area contributed by atoms with Crippen LogP contribution in [0.5, 0.6) is 0 Å². The summed E-state index contributed by atoms with van der Waals surface area (Å²) in [7, 11) is 0. The predicted molar refractivity (Wildman–Crippen MR) is 56.5 cm³/mol. The first kappa shape index (κ1) is 12.7. The van der Waals surface area contributed by atoms with Crippen molar-refractivity contribution in [1.82, 2.24) is 5.32 Å². The Bertz CT molecular complexity index is 303. The van der Waals surface area contributed by atoms with Gasteiger partial charge in [0.05, 0.1) is 5.92 Å². The van der Waals surface area contributed by atoms with Crippen molar-refractivity contribution in [3.63, 3.8) is 0 Å². The van der Waals surface area contributed by atoms with Gasteiger partial charge in [-0.2, -0.15) is 0 Å². The number of amides is 1. The highest BCUT2D eigenvalue weighted by atomic mass is 16.4. The molecule has 1 aliphatic rings. The van der Waals surface area contributed by atoms with E-state index in [0.29, 0.717) is 6.42 Å². The van der Waals surface area contributed by atoms with Crippen LogP contribution in [0.4, 0.5) is 0 Å². The summed E-state index contributed by atoms with van der Waals surface area (Å²) >= 11 is 0. The Morgan fingerprint density at radius 3 is 2.62 bits per heavy atom. The van der Waals surface area contributed by atoms with Crippen molar-refractivity contribution in [2.75, 3.05) is 6.61 Å². The molecule has 0 saturated heterocycles. The average Bonchev–Trinajstić information content (AvgIpc) is 2.64. The van der Waals surface area contributed by atoms with Crippen LogP contribution < -0.4 is 11.1 Å². The van der Waals surface area contributed by atoms with E-state index in [1.165, 1.54) is 0 Å². The van der Waals surface area contributed by atoms with E-state index in [-0.39, 0.29) is 30.9 Å². The Hall–Kier alpha value is -1.40. The summed E-state index contributed by atoms with van der Waals surface area (Å²) in [5.74, 6) is -1.87. The van der Waals surface area contributed by atoms with Gasteiger partial charge in [0, 0.05) is 19.1 Å². The molecule has 0 fully saturated rings. The molecule has 16 heavy (non-hydrogen) atoms. The van der Waals surface area contributed by atoms with E-state index in [4.69, 9.17) is 15.9 Å². The molecular weight excluding hydrogens is 212 g/mol. The molecule has 2 unspecified atom stereocenters. The molecule has 0 aliphatic heterocycles. The minimum Gasteiger partial charge on any atom is -0.480 e. The van der Waals surface area contributed by atoms with Crippen LogP contribution in [0.15, 0.2) is 12.2 Å². The van der Waals surface area contributed by atoms with Gasteiger partial charge in [-0.05, 0) is 6.42 Å². The lowest BCUT2D eigenvalue weighted by atomic mass is 10.1. The number of aliphatic carboxylic acids is 1. The normalized spacial score (nSPS) is 25.4. The second-order valence-electron chi connectivity index (χ2n) is 3.80. The predicted octanol–water partition coefficient (Wildman–Crippen LogP) is -1.16. The van der Waals surface area contributed by atoms with Crippen LogP contribution in [0.2, 0.25) is 0 Å². The molecule has 0 heterocycles. The number of hydrogen-bond donors (Lipinski definition) is 4. The number of nitrogens with two attached hydrogens (primary N) is 1. The number of carboxylic acids is 1. The first-order chi connectivity index (χ1) is 7.54. The number of rotatable bonds is 5. The number of carbonyl (C=O) groups excluding carboxylic acids is 1. The summed E-state index contributed by atoms with van der Waals surface area (Å²) in [6.45, 7) is -0.280. The molecular formula is C10H16N2O4. The van der Waals surface area contributed by atoms with Crippen LogP contribution in [0, 0.1) is 5.92 Å². The van der Waals surface area contributed by atoms with Gasteiger partial charge < -0.3 is 21.3 Å². The van der Waals surface area contributed by atoms with Crippen molar-refractivity contribution in [1.29, 1.82) is 0 Å². The molecule has 0 aromatic rings. The molecule has 0 bridgehead atoms. The third-order valence-electron chi connectivity index (χ3n) is 2.49. The number of nitrogens with one attached hydrogen (secondary N) is 1. The van der Waals surface area contributed by atoms with E-state index in [0.717, 1.165) is 0 Å². The van der Waals surface area contributed by atoms with Gasteiger partial charge in [-0.3, -0.25) is 4.79 Å². The molecule has 6 heteroatoms. The van der Waals surface area contributed by atoms with Crippen LogP contribution in [0.3, 0.4) is 0 Å². The quantitative estimate of drug-likeness (QED) is 0.443. The Morgan fingerprint density at radius 2 is 2.19 bits per heavy atom. The van der Waals surface area contributed by atoms with Crippen molar-refractivity contribution in [2.24, 2.45) is 11.7 Å². The van der Waals surface area contributed by atoms with Crippen LogP contribution in [0.25, 0.3) is 0 Å². The Morgan fingerprint density at radius 1 is 1.50 bits per heavy atom. The number of carbonyl (C=O) groups is 2. The highest BCUT2D eigenvalue weighted by Crippen LogP contribution is 2.16. The molecule has 90 valence electrons. The van der Waals surface area contributed by atoms with Crippen LogP contribution >= 0.6 is 0 Å². The van der Waals surface area contributed by atoms with Gasteiger partial charge in [0.25, 0.3) is 0 Å². The number of aliphatic hydroxyl groups is 1. The highest BCUT2D eigenvalue weighted by Gasteiger charge is 2.26. The molecule has 0 radical (unpaired) electrons. The Labute approximate surface area is 93.1 Å². The van der Waals surface area contributed by atoms with Gasteiger partial charge >= 0.3 is 5.97 Å². The van der Waals surface area contributed by atoms with E-state index < -0.39 is 12.0 Å². The van der Waals surface area contributed by atoms with Crippen LogP contribution in [-0.2, 0) is 9.59 Å². The zero-order valence-corrected chi connectivity index (χ0v) is 8.80. The monoisotopic (exact) mass is 228 g/mol. The molecule has 1 aliphatic carbocycles. The van der Waals surface area contributed by atoms with Crippen LogP contribution in [-0.4, -0.2) is 40.8 Å². The van der Waals surface area contributed by atoms with Crippen LogP contribution in [0.1, 0.15) is 12.8 Å². The van der Waals surface area contributed by atoms with Gasteiger partial charge in [-0.1, -0.05) is 12.2 Å². The van der Waals surface area contributed by atoms with E-state index in [9.17, 15) is 9.59 Å². The second kappa shape index (κ2) is 5.62. The van der Waals surface area contributed by atoms with Crippen molar-refractivity contribution >= 4 is 11.9 Å². The molecule has 0 aromatic carbocycles. The highest BCUT2D eigenvalue weighted by molar-refractivity contribution is 5.86. The molecule has 0 saturated carbocycles. The second-order valence-corrected chi connectivity index (χ2v) is 3.80. The molecule has 5 N–H and O–H groups in total. The summed E-state index contributed by atoms with van der Waals surface area (Å²) < 4.78 is 0. The standard InChI is InChI=1S/C10H16N2O4/c11-7-2-1-6(5-7)9(14)12-8(3-4-13)10(15)16/h1-2,6-8,13H,3-5,11H2,(H,12,14)(H,15,16)/t6?,7?,8-/m0/s1. The maximum absolute atomic E-state index is 11.6.